The molecule has 1 saturated heterocycles. The van der Waals surface area contributed by atoms with Crippen molar-refractivity contribution >= 4 is 0 Å². The van der Waals surface area contributed by atoms with Gasteiger partial charge in [0.2, 0.25) is 0 Å². The maximum Gasteiger partial charge on any atom is 0.0839 e. The Balaban J connectivity index is 1.86. The molecule has 0 amide bonds. The van der Waals surface area contributed by atoms with Gasteiger partial charge in [-0.2, -0.15) is 0 Å². The van der Waals surface area contributed by atoms with Crippen LogP contribution in [0, 0.1) is 5.92 Å². The fraction of sp³-hybridized carbons (Fsp3) is 1.00. The predicted octanol–water partition coefficient (Wildman–Crippen LogP) is -0.0929. The van der Waals surface area contributed by atoms with Crippen LogP contribution in [0.5, 0.6) is 0 Å². The van der Waals surface area contributed by atoms with E-state index >= 15 is 0 Å². The average Bonchev–Trinajstić information content (AvgIpc) is 2.77. The smallest absolute Gasteiger partial charge is 0.0839 e. The molecular weight excluding hydrogens is 144 g/mol. The van der Waals surface area contributed by atoms with Gasteiger partial charge in [-0.05, 0) is 25.2 Å². The summed E-state index contributed by atoms with van der Waals surface area (Å²) in [5, 5.41) is 18.5. The number of epoxide rings is 1. The molecule has 0 aromatic rings. The SMILES string of the molecule is O[C@@H]1CC[C@H]([C@H]2CO2)C[C@H]1O. The zero-order valence-corrected chi connectivity index (χ0v) is 6.44. The van der Waals surface area contributed by atoms with Crippen LogP contribution < -0.4 is 0 Å². The molecule has 2 aliphatic rings. The van der Waals surface area contributed by atoms with Crippen LogP contribution in [0.25, 0.3) is 0 Å². The molecule has 4 atom stereocenters. The first-order valence-corrected chi connectivity index (χ1v) is 4.25. The number of rotatable bonds is 1. The molecule has 2 fully saturated rings. The van der Waals surface area contributed by atoms with E-state index in [1.165, 1.54) is 0 Å². The lowest BCUT2D eigenvalue weighted by atomic mass is 9.83. The summed E-state index contributed by atoms with van der Waals surface area (Å²) in [6, 6.07) is 0. The topological polar surface area (TPSA) is 53.0 Å². The Morgan fingerprint density at radius 1 is 1.09 bits per heavy atom. The first kappa shape index (κ1) is 7.53. The second kappa shape index (κ2) is 2.73. The molecule has 64 valence electrons. The van der Waals surface area contributed by atoms with Crippen LogP contribution in [0.4, 0.5) is 0 Å². The van der Waals surface area contributed by atoms with Crippen LogP contribution >= 0.6 is 0 Å². The van der Waals surface area contributed by atoms with Gasteiger partial charge in [0, 0.05) is 0 Å². The van der Waals surface area contributed by atoms with Gasteiger partial charge >= 0.3 is 0 Å². The minimum atomic E-state index is -0.516. The van der Waals surface area contributed by atoms with E-state index < -0.39 is 12.2 Å². The lowest BCUT2D eigenvalue weighted by Gasteiger charge is -2.28. The minimum absolute atomic E-state index is 0.386. The summed E-state index contributed by atoms with van der Waals surface area (Å²) in [5.41, 5.74) is 0. The molecule has 3 heteroatoms. The molecule has 0 aromatic heterocycles. The van der Waals surface area contributed by atoms with Crippen molar-refractivity contribution in [1.29, 1.82) is 0 Å². The van der Waals surface area contributed by atoms with Crippen LogP contribution in [0.1, 0.15) is 19.3 Å². The summed E-state index contributed by atoms with van der Waals surface area (Å²) >= 11 is 0. The summed E-state index contributed by atoms with van der Waals surface area (Å²) in [6.07, 6.45) is 1.82. The third-order valence-corrected chi connectivity index (χ3v) is 2.71. The van der Waals surface area contributed by atoms with Gasteiger partial charge in [-0.25, -0.2) is 0 Å². The summed E-state index contributed by atoms with van der Waals surface area (Å²) in [7, 11) is 0. The monoisotopic (exact) mass is 158 g/mol. The first-order chi connectivity index (χ1) is 5.27. The summed E-state index contributed by atoms with van der Waals surface area (Å²) in [5.74, 6) is 0.494. The van der Waals surface area contributed by atoms with Crippen LogP contribution in [0.3, 0.4) is 0 Å². The van der Waals surface area contributed by atoms with E-state index in [-0.39, 0.29) is 0 Å². The molecule has 0 unspecified atom stereocenters. The zero-order chi connectivity index (χ0) is 7.84. The molecular formula is C8H14O3. The molecule has 0 aromatic carbocycles. The van der Waals surface area contributed by atoms with Crippen LogP contribution in [-0.2, 0) is 4.74 Å². The van der Waals surface area contributed by atoms with Crippen molar-refractivity contribution in [2.24, 2.45) is 5.92 Å². The van der Waals surface area contributed by atoms with Crippen molar-refractivity contribution in [3.05, 3.63) is 0 Å². The summed E-state index contributed by atoms with van der Waals surface area (Å²) < 4.78 is 5.14. The molecule has 0 radical (unpaired) electrons. The Kier molecular flexibility index (Phi) is 1.87. The maximum atomic E-state index is 9.32. The van der Waals surface area contributed by atoms with Gasteiger partial charge in [-0.1, -0.05) is 0 Å². The molecule has 2 rings (SSSR count). The van der Waals surface area contributed by atoms with E-state index in [1.54, 1.807) is 0 Å². The quantitative estimate of drug-likeness (QED) is 0.524. The van der Waals surface area contributed by atoms with Gasteiger partial charge < -0.3 is 14.9 Å². The molecule has 3 nitrogen and oxygen atoms in total. The third-order valence-electron chi connectivity index (χ3n) is 2.71. The normalized spacial score (nSPS) is 50.7. The van der Waals surface area contributed by atoms with Crippen LogP contribution in [0.2, 0.25) is 0 Å². The van der Waals surface area contributed by atoms with Gasteiger partial charge in [0.05, 0.1) is 24.9 Å². The van der Waals surface area contributed by atoms with E-state index in [2.05, 4.69) is 0 Å². The van der Waals surface area contributed by atoms with Gasteiger partial charge in [-0.3, -0.25) is 0 Å². The number of aliphatic hydroxyl groups excluding tert-OH is 2. The zero-order valence-electron chi connectivity index (χ0n) is 6.44. The summed E-state index contributed by atoms with van der Waals surface area (Å²) in [4.78, 5) is 0. The molecule has 1 aliphatic carbocycles. The Labute approximate surface area is 66.0 Å². The highest BCUT2D eigenvalue weighted by Crippen LogP contribution is 2.33. The molecule has 11 heavy (non-hydrogen) atoms. The Hall–Kier alpha value is -0.120. The number of aliphatic hydroxyl groups is 2. The fourth-order valence-corrected chi connectivity index (χ4v) is 1.83. The van der Waals surface area contributed by atoms with Gasteiger partial charge in [-0.15, -0.1) is 0 Å². The largest absolute Gasteiger partial charge is 0.390 e. The van der Waals surface area contributed by atoms with Crippen molar-refractivity contribution in [3.63, 3.8) is 0 Å². The van der Waals surface area contributed by atoms with E-state index in [9.17, 15) is 10.2 Å². The Morgan fingerprint density at radius 2 is 1.82 bits per heavy atom. The maximum absolute atomic E-state index is 9.32. The van der Waals surface area contributed by atoms with Crippen molar-refractivity contribution < 1.29 is 14.9 Å². The van der Waals surface area contributed by atoms with Gasteiger partial charge in [0.25, 0.3) is 0 Å². The molecule has 0 spiro atoms. The second-order valence-electron chi connectivity index (χ2n) is 3.58. The van der Waals surface area contributed by atoms with E-state index in [1.807, 2.05) is 0 Å². The van der Waals surface area contributed by atoms with E-state index in [0.717, 1.165) is 19.4 Å². The average molecular weight is 158 g/mol. The molecule has 1 heterocycles. The fourth-order valence-electron chi connectivity index (χ4n) is 1.83. The predicted molar refractivity (Wildman–Crippen MR) is 39.1 cm³/mol. The molecule has 0 bridgehead atoms. The second-order valence-corrected chi connectivity index (χ2v) is 3.58. The lowest BCUT2D eigenvalue weighted by Crippen LogP contribution is -2.35. The first-order valence-electron chi connectivity index (χ1n) is 4.25. The van der Waals surface area contributed by atoms with Crippen molar-refractivity contribution in [2.45, 2.75) is 37.6 Å². The Bertz CT molecular complexity index is 144. The highest BCUT2D eigenvalue weighted by molar-refractivity contribution is 4.87. The van der Waals surface area contributed by atoms with Crippen molar-refractivity contribution in [1.82, 2.24) is 0 Å². The van der Waals surface area contributed by atoms with E-state index in [4.69, 9.17) is 4.74 Å². The van der Waals surface area contributed by atoms with Gasteiger partial charge in [0.1, 0.15) is 0 Å². The lowest BCUT2D eigenvalue weighted by molar-refractivity contribution is -0.0291. The highest BCUT2D eigenvalue weighted by atomic mass is 16.6. The van der Waals surface area contributed by atoms with Crippen molar-refractivity contribution in [3.8, 4) is 0 Å². The molecule has 2 N–H and O–H groups in total. The number of hydrogen-bond acceptors (Lipinski definition) is 3. The van der Waals surface area contributed by atoms with Crippen LogP contribution in [-0.4, -0.2) is 35.1 Å². The highest BCUT2D eigenvalue weighted by Gasteiger charge is 2.38. The van der Waals surface area contributed by atoms with E-state index in [0.29, 0.717) is 18.4 Å². The number of hydrogen-bond donors (Lipinski definition) is 2. The standard InChI is InChI=1S/C8H14O3/c9-6-2-1-5(3-7(6)10)8-4-11-8/h5-10H,1-4H2/t5-,6+,7+,8+/m0/s1. The summed E-state index contributed by atoms with van der Waals surface area (Å²) in [6.45, 7) is 0.855. The molecule has 1 aliphatic heterocycles. The van der Waals surface area contributed by atoms with Gasteiger partial charge in [0.15, 0.2) is 0 Å². The Morgan fingerprint density at radius 3 is 2.36 bits per heavy atom. The molecule has 1 saturated carbocycles. The third kappa shape index (κ3) is 1.55. The number of ether oxygens (including phenoxy) is 1. The van der Waals surface area contributed by atoms with Crippen molar-refractivity contribution in [2.75, 3.05) is 6.61 Å². The minimum Gasteiger partial charge on any atom is -0.390 e. The van der Waals surface area contributed by atoms with Crippen LogP contribution in [0.15, 0.2) is 0 Å².